The molecule has 0 fully saturated rings. The molecule has 24 heavy (non-hydrogen) atoms. The van der Waals surface area contributed by atoms with Crippen LogP contribution in [0, 0.1) is 18.6 Å². The van der Waals surface area contributed by atoms with E-state index < -0.39 is 46.7 Å². The molecule has 128 valence electrons. The number of rotatable bonds is 4. The van der Waals surface area contributed by atoms with E-state index in [9.17, 15) is 26.7 Å². The van der Waals surface area contributed by atoms with Crippen LogP contribution in [-0.2, 0) is 12.7 Å². The van der Waals surface area contributed by atoms with E-state index in [0.29, 0.717) is 6.07 Å². The molecule has 0 bridgehead atoms. The quantitative estimate of drug-likeness (QED) is 0.830. The number of nitrogens with zero attached hydrogens (tertiary/aromatic N) is 2. The van der Waals surface area contributed by atoms with Crippen LogP contribution in [0.5, 0.6) is 0 Å². The second-order valence-electron chi connectivity index (χ2n) is 4.75. The van der Waals surface area contributed by atoms with E-state index in [4.69, 9.17) is 5.11 Å². The smallest absolute Gasteiger partial charge is 0.434 e. The maximum Gasteiger partial charge on any atom is 0.434 e. The number of hydrogen-bond donors (Lipinski definition) is 2. The summed E-state index contributed by atoms with van der Waals surface area (Å²) in [5, 5.41) is 11.2. The first kappa shape index (κ1) is 17.6. The molecular weight excluding hydrogens is 337 g/mol. The highest BCUT2D eigenvalue weighted by atomic mass is 19.4. The molecule has 2 rings (SSSR count). The van der Waals surface area contributed by atoms with Crippen LogP contribution < -0.4 is 5.32 Å². The van der Waals surface area contributed by atoms with Gasteiger partial charge in [0.2, 0.25) is 5.95 Å². The molecule has 2 aromatic rings. The zero-order valence-electron chi connectivity index (χ0n) is 12.1. The molecule has 0 aliphatic carbocycles. The number of benzene rings is 1. The number of aromatic carboxylic acids is 1. The SMILES string of the molecule is Cc1nc(NCc2ccc(F)cc2F)nc(C(F)(F)F)c1C(=O)O. The molecule has 1 aromatic carbocycles. The average molecular weight is 347 g/mol. The van der Waals surface area contributed by atoms with Gasteiger partial charge in [0.05, 0.1) is 5.69 Å². The molecule has 5 nitrogen and oxygen atoms in total. The molecule has 0 amide bonds. The Kier molecular flexibility index (Phi) is 4.67. The van der Waals surface area contributed by atoms with Crippen molar-refractivity contribution < 1.29 is 31.9 Å². The summed E-state index contributed by atoms with van der Waals surface area (Å²) in [7, 11) is 0. The number of aryl methyl sites for hydroxylation is 1. The van der Waals surface area contributed by atoms with Gasteiger partial charge in [-0.2, -0.15) is 13.2 Å². The van der Waals surface area contributed by atoms with Crippen molar-refractivity contribution in [3.8, 4) is 0 Å². The molecule has 0 atom stereocenters. The second kappa shape index (κ2) is 6.38. The maximum absolute atomic E-state index is 13.5. The van der Waals surface area contributed by atoms with Crippen LogP contribution in [0.25, 0.3) is 0 Å². The van der Waals surface area contributed by atoms with Crippen LogP contribution in [0.1, 0.15) is 27.3 Å². The summed E-state index contributed by atoms with van der Waals surface area (Å²) in [6.07, 6.45) is -5.00. The van der Waals surface area contributed by atoms with Gasteiger partial charge in [-0.25, -0.2) is 23.5 Å². The Bertz CT molecular complexity index is 793. The molecule has 1 heterocycles. The van der Waals surface area contributed by atoms with Crippen molar-refractivity contribution in [1.82, 2.24) is 9.97 Å². The lowest BCUT2D eigenvalue weighted by atomic mass is 10.1. The van der Waals surface area contributed by atoms with Gasteiger partial charge in [-0.3, -0.25) is 0 Å². The second-order valence-corrected chi connectivity index (χ2v) is 4.75. The van der Waals surface area contributed by atoms with Gasteiger partial charge in [0.25, 0.3) is 0 Å². The van der Waals surface area contributed by atoms with E-state index in [2.05, 4.69) is 15.3 Å². The minimum atomic E-state index is -5.00. The molecule has 0 radical (unpaired) electrons. The number of carboxylic acids is 1. The van der Waals surface area contributed by atoms with Gasteiger partial charge in [-0.15, -0.1) is 0 Å². The predicted octanol–water partition coefficient (Wildman–Crippen LogP) is 3.39. The van der Waals surface area contributed by atoms with Gasteiger partial charge in [-0.05, 0) is 13.0 Å². The van der Waals surface area contributed by atoms with E-state index in [1.165, 1.54) is 0 Å². The van der Waals surface area contributed by atoms with Crippen molar-refractivity contribution >= 4 is 11.9 Å². The van der Waals surface area contributed by atoms with E-state index >= 15 is 0 Å². The van der Waals surface area contributed by atoms with Gasteiger partial charge >= 0.3 is 12.1 Å². The van der Waals surface area contributed by atoms with Gasteiger partial charge in [-0.1, -0.05) is 6.07 Å². The summed E-state index contributed by atoms with van der Waals surface area (Å²) in [4.78, 5) is 17.8. The summed E-state index contributed by atoms with van der Waals surface area (Å²) in [6, 6.07) is 2.72. The Morgan fingerprint density at radius 3 is 2.46 bits per heavy atom. The molecule has 0 saturated carbocycles. The largest absolute Gasteiger partial charge is 0.478 e. The molecule has 1 aromatic heterocycles. The lowest BCUT2D eigenvalue weighted by Gasteiger charge is -2.13. The predicted molar refractivity (Wildman–Crippen MR) is 72.4 cm³/mol. The number of halogens is 5. The Balaban J connectivity index is 2.34. The third-order valence-corrected chi connectivity index (χ3v) is 3.02. The van der Waals surface area contributed by atoms with Gasteiger partial charge < -0.3 is 10.4 Å². The van der Waals surface area contributed by atoms with Crippen LogP contribution in [-0.4, -0.2) is 21.0 Å². The third kappa shape index (κ3) is 3.76. The number of carbonyl (C=O) groups is 1. The minimum Gasteiger partial charge on any atom is -0.478 e. The normalized spacial score (nSPS) is 11.4. The number of nitrogens with one attached hydrogen (secondary N) is 1. The zero-order valence-corrected chi connectivity index (χ0v) is 12.1. The number of hydrogen-bond acceptors (Lipinski definition) is 4. The van der Waals surface area contributed by atoms with Crippen molar-refractivity contribution in [3.05, 3.63) is 52.3 Å². The fourth-order valence-electron chi connectivity index (χ4n) is 1.95. The van der Waals surface area contributed by atoms with E-state index in [-0.39, 0.29) is 12.1 Å². The summed E-state index contributed by atoms with van der Waals surface area (Å²) in [5.74, 6) is -4.02. The molecule has 2 N–H and O–H groups in total. The monoisotopic (exact) mass is 347 g/mol. The first-order chi connectivity index (χ1) is 11.1. The van der Waals surface area contributed by atoms with Gasteiger partial charge in [0.15, 0.2) is 5.69 Å². The Morgan fingerprint density at radius 2 is 1.92 bits per heavy atom. The number of alkyl halides is 3. The number of anilines is 1. The minimum absolute atomic E-state index is 0.0199. The van der Waals surface area contributed by atoms with Gasteiger partial charge in [0, 0.05) is 18.2 Å². The standard InChI is InChI=1S/C14H10F5N3O2/c1-6-10(12(23)24)11(14(17,18)19)22-13(21-6)20-5-7-2-3-8(15)4-9(7)16/h2-4H,5H2,1H3,(H,23,24)(H,20,21,22). The van der Waals surface area contributed by atoms with Crippen LogP contribution in [0.15, 0.2) is 18.2 Å². The molecule has 10 heteroatoms. The molecular formula is C14H10F5N3O2. The molecule has 0 saturated heterocycles. The van der Waals surface area contributed by atoms with Crippen LogP contribution in [0.3, 0.4) is 0 Å². The molecule has 0 unspecified atom stereocenters. The molecule has 0 aliphatic rings. The highest BCUT2D eigenvalue weighted by molar-refractivity contribution is 5.90. The average Bonchev–Trinajstić information content (AvgIpc) is 2.44. The highest BCUT2D eigenvalue weighted by Gasteiger charge is 2.39. The lowest BCUT2D eigenvalue weighted by molar-refractivity contribution is -0.141. The van der Waals surface area contributed by atoms with E-state index in [1.54, 1.807) is 0 Å². The van der Waals surface area contributed by atoms with Gasteiger partial charge in [0.1, 0.15) is 17.2 Å². The molecule has 0 spiro atoms. The Hall–Kier alpha value is -2.78. The topological polar surface area (TPSA) is 75.1 Å². The summed E-state index contributed by atoms with van der Waals surface area (Å²) >= 11 is 0. The van der Waals surface area contributed by atoms with Crippen molar-refractivity contribution in [1.29, 1.82) is 0 Å². The number of aromatic nitrogens is 2. The Morgan fingerprint density at radius 1 is 1.25 bits per heavy atom. The fourth-order valence-corrected chi connectivity index (χ4v) is 1.95. The van der Waals surface area contributed by atoms with Crippen LogP contribution >= 0.6 is 0 Å². The Labute approximate surface area is 132 Å². The van der Waals surface area contributed by atoms with Crippen LogP contribution in [0.4, 0.5) is 27.9 Å². The fraction of sp³-hybridized carbons (Fsp3) is 0.214. The van der Waals surface area contributed by atoms with Crippen molar-refractivity contribution in [2.24, 2.45) is 0 Å². The summed E-state index contributed by atoms with van der Waals surface area (Å²) in [5.41, 5.74) is -3.08. The van der Waals surface area contributed by atoms with Crippen molar-refractivity contribution in [2.45, 2.75) is 19.6 Å². The first-order valence-electron chi connectivity index (χ1n) is 6.46. The van der Waals surface area contributed by atoms with E-state index in [0.717, 1.165) is 19.1 Å². The third-order valence-electron chi connectivity index (χ3n) is 3.02. The highest BCUT2D eigenvalue weighted by Crippen LogP contribution is 2.32. The maximum atomic E-state index is 13.5. The molecule has 0 aliphatic heterocycles. The number of carboxylic acid groups (broad SMARTS) is 1. The summed E-state index contributed by atoms with van der Waals surface area (Å²) in [6.45, 7) is 0.777. The zero-order chi connectivity index (χ0) is 18.1. The summed E-state index contributed by atoms with van der Waals surface area (Å²) < 4.78 is 65.2. The van der Waals surface area contributed by atoms with Crippen LogP contribution in [0.2, 0.25) is 0 Å². The first-order valence-corrected chi connectivity index (χ1v) is 6.46. The van der Waals surface area contributed by atoms with Crippen molar-refractivity contribution in [3.63, 3.8) is 0 Å². The van der Waals surface area contributed by atoms with Crippen molar-refractivity contribution in [2.75, 3.05) is 5.32 Å². The lowest BCUT2D eigenvalue weighted by Crippen LogP contribution is -2.20. The van der Waals surface area contributed by atoms with E-state index in [1.807, 2.05) is 0 Å².